The van der Waals surface area contributed by atoms with Gasteiger partial charge in [0.2, 0.25) is 11.9 Å². The van der Waals surface area contributed by atoms with E-state index in [1.807, 2.05) is 12.1 Å². The SMILES string of the molecule is CC(=O)Nc1ccc(Nc2ncc(C(=O)NCc3cccnc3)cn2)cc1. The Morgan fingerprint density at radius 3 is 2.30 bits per heavy atom. The Morgan fingerprint density at radius 2 is 1.67 bits per heavy atom. The second-order valence-electron chi connectivity index (χ2n) is 5.72. The minimum atomic E-state index is -0.259. The van der Waals surface area contributed by atoms with Gasteiger partial charge in [0.15, 0.2) is 0 Å². The number of amides is 2. The van der Waals surface area contributed by atoms with E-state index in [2.05, 4.69) is 30.9 Å². The number of rotatable bonds is 6. The summed E-state index contributed by atoms with van der Waals surface area (Å²) < 4.78 is 0. The van der Waals surface area contributed by atoms with Gasteiger partial charge in [0.25, 0.3) is 5.91 Å². The smallest absolute Gasteiger partial charge is 0.254 e. The molecule has 0 bridgehead atoms. The monoisotopic (exact) mass is 362 g/mol. The van der Waals surface area contributed by atoms with Gasteiger partial charge in [-0.2, -0.15) is 0 Å². The van der Waals surface area contributed by atoms with Crippen molar-refractivity contribution in [2.45, 2.75) is 13.5 Å². The number of hydrogen-bond donors (Lipinski definition) is 3. The van der Waals surface area contributed by atoms with Crippen LogP contribution in [0.2, 0.25) is 0 Å². The maximum atomic E-state index is 12.1. The van der Waals surface area contributed by atoms with Gasteiger partial charge >= 0.3 is 0 Å². The summed E-state index contributed by atoms with van der Waals surface area (Å²) in [6.07, 6.45) is 6.29. The number of hydrogen-bond acceptors (Lipinski definition) is 6. The number of benzene rings is 1. The minimum absolute atomic E-state index is 0.128. The van der Waals surface area contributed by atoms with Gasteiger partial charge in [0, 0.05) is 49.6 Å². The van der Waals surface area contributed by atoms with E-state index in [0.29, 0.717) is 23.7 Å². The summed E-state index contributed by atoms with van der Waals surface area (Å²) in [5, 5.41) is 8.52. The highest BCUT2D eigenvalue weighted by molar-refractivity contribution is 5.93. The van der Waals surface area contributed by atoms with Gasteiger partial charge in [-0.15, -0.1) is 0 Å². The zero-order valence-corrected chi connectivity index (χ0v) is 14.6. The van der Waals surface area contributed by atoms with Gasteiger partial charge in [0.05, 0.1) is 5.56 Å². The Morgan fingerprint density at radius 1 is 0.963 bits per heavy atom. The highest BCUT2D eigenvalue weighted by Gasteiger charge is 2.07. The first kappa shape index (κ1) is 18.0. The molecule has 0 aliphatic rings. The Bertz CT molecular complexity index is 911. The summed E-state index contributed by atoms with van der Waals surface area (Å²) >= 11 is 0. The van der Waals surface area contributed by atoms with Gasteiger partial charge < -0.3 is 16.0 Å². The molecule has 0 atom stereocenters. The van der Waals surface area contributed by atoms with Crippen LogP contribution in [-0.4, -0.2) is 26.8 Å². The van der Waals surface area contributed by atoms with Crippen LogP contribution >= 0.6 is 0 Å². The van der Waals surface area contributed by atoms with Gasteiger partial charge in [-0.1, -0.05) is 6.07 Å². The number of nitrogens with one attached hydrogen (secondary N) is 3. The average molecular weight is 362 g/mol. The van der Waals surface area contributed by atoms with Crippen LogP contribution in [0.15, 0.2) is 61.2 Å². The van der Waals surface area contributed by atoms with E-state index in [1.165, 1.54) is 19.3 Å². The first-order chi connectivity index (χ1) is 13.1. The second kappa shape index (κ2) is 8.52. The quantitative estimate of drug-likeness (QED) is 0.622. The molecule has 0 aliphatic carbocycles. The Kier molecular flexibility index (Phi) is 5.68. The topological polar surface area (TPSA) is 109 Å². The number of aromatic nitrogens is 3. The highest BCUT2D eigenvalue weighted by atomic mass is 16.2. The normalized spacial score (nSPS) is 10.1. The molecule has 0 saturated heterocycles. The third kappa shape index (κ3) is 5.33. The molecule has 2 aromatic heterocycles. The molecule has 1 aromatic carbocycles. The first-order valence-corrected chi connectivity index (χ1v) is 8.24. The van der Waals surface area contributed by atoms with Gasteiger partial charge in [-0.05, 0) is 35.9 Å². The fourth-order valence-corrected chi connectivity index (χ4v) is 2.27. The van der Waals surface area contributed by atoms with Crippen molar-refractivity contribution in [1.29, 1.82) is 0 Å². The molecule has 3 N–H and O–H groups in total. The summed E-state index contributed by atoms with van der Waals surface area (Å²) in [5.41, 5.74) is 2.74. The number of anilines is 3. The van der Waals surface area contributed by atoms with Gasteiger partial charge in [0.1, 0.15) is 0 Å². The van der Waals surface area contributed by atoms with E-state index in [-0.39, 0.29) is 11.8 Å². The molecule has 0 unspecified atom stereocenters. The van der Waals surface area contributed by atoms with Crippen molar-refractivity contribution in [2.75, 3.05) is 10.6 Å². The molecule has 2 heterocycles. The van der Waals surface area contributed by atoms with E-state index < -0.39 is 0 Å². The summed E-state index contributed by atoms with van der Waals surface area (Å²) in [6.45, 7) is 1.84. The van der Waals surface area contributed by atoms with Crippen molar-refractivity contribution in [3.05, 3.63) is 72.3 Å². The third-order valence-electron chi connectivity index (χ3n) is 3.55. The van der Waals surface area contributed by atoms with Crippen LogP contribution in [0.25, 0.3) is 0 Å². The lowest BCUT2D eigenvalue weighted by Crippen LogP contribution is -2.23. The van der Waals surface area contributed by atoms with Crippen LogP contribution in [0.1, 0.15) is 22.8 Å². The summed E-state index contributed by atoms with van der Waals surface area (Å²) in [4.78, 5) is 35.5. The third-order valence-corrected chi connectivity index (χ3v) is 3.55. The summed E-state index contributed by atoms with van der Waals surface area (Å²) in [5.74, 6) is -0.0208. The molecule has 0 fully saturated rings. The molecule has 27 heavy (non-hydrogen) atoms. The Hall–Kier alpha value is -3.81. The lowest BCUT2D eigenvalue weighted by molar-refractivity contribution is -0.114. The van der Waals surface area contributed by atoms with Crippen LogP contribution in [0.3, 0.4) is 0 Å². The summed E-state index contributed by atoms with van der Waals surface area (Å²) in [7, 11) is 0. The molecule has 3 rings (SSSR count). The molecule has 0 aliphatic heterocycles. The molecular weight excluding hydrogens is 344 g/mol. The fourth-order valence-electron chi connectivity index (χ4n) is 2.27. The number of carbonyl (C=O) groups is 2. The van der Waals surface area contributed by atoms with Crippen LogP contribution in [0.5, 0.6) is 0 Å². The lowest BCUT2D eigenvalue weighted by Gasteiger charge is -2.08. The van der Waals surface area contributed by atoms with Crippen LogP contribution in [0.4, 0.5) is 17.3 Å². The van der Waals surface area contributed by atoms with Crippen LogP contribution < -0.4 is 16.0 Å². The van der Waals surface area contributed by atoms with Gasteiger partial charge in [-0.3, -0.25) is 14.6 Å². The predicted molar refractivity (Wildman–Crippen MR) is 101 cm³/mol. The zero-order chi connectivity index (χ0) is 19.1. The zero-order valence-electron chi connectivity index (χ0n) is 14.6. The number of pyridine rings is 1. The van der Waals surface area contributed by atoms with Crippen molar-refractivity contribution in [3.8, 4) is 0 Å². The molecule has 136 valence electrons. The largest absolute Gasteiger partial charge is 0.348 e. The first-order valence-electron chi connectivity index (χ1n) is 8.24. The van der Waals surface area contributed by atoms with Crippen molar-refractivity contribution in [1.82, 2.24) is 20.3 Å². The van der Waals surface area contributed by atoms with E-state index in [4.69, 9.17) is 0 Å². The molecule has 3 aromatic rings. The average Bonchev–Trinajstić information content (AvgIpc) is 2.69. The maximum Gasteiger partial charge on any atom is 0.254 e. The summed E-state index contributed by atoms with van der Waals surface area (Å²) in [6, 6.07) is 10.8. The van der Waals surface area contributed by atoms with Crippen LogP contribution in [-0.2, 0) is 11.3 Å². The van der Waals surface area contributed by atoms with Crippen molar-refractivity contribution in [2.24, 2.45) is 0 Å². The van der Waals surface area contributed by atoms with Crippen molar-refractivity contribution in [3.63, 3.8) is 0 Å². The Labute approximate surface area is 156 Å². The molecule has 0 radical (unpaired) electrons. The predicted octanol–water partition coefficient (Wildman–Crippen LogP) is 2.50. The molecule has 2 amide bonds. The van der Waals surface area contributed by atoms with Crippen molar-refractivity contribution >= 4 is 29.1 Å². The molecule has 8 heteroatoms. The number of carbonyl (C=O) groups excluding carboxylic acids is 2. The van der Waals surface area contributed by atoms with E-state index in [0.717, 1.165) is 11.3 Å². The minimum Gasteiger partial charge on any atom is -0.348 e. The standard InChI is InChI=1S/C19H18N6O2/c1-13(26)24-16-4-6-17(7-5-16)25-19-22-11-15(12-23-19)18(27)21-10-14-3-2-8-20-9-14/h2-9,11-12H,10H2,1H3,(H,21,27)(H,24,26)(H,22,23,25). The lowest BCUT2D eigenvalue weighted by atomic mass is 10.2. The second-order valence-corrected chi connectivity index (χ2v) is 5.72. The molecule has 0 spiro atoms. The van der Waals surface area contributed by atoms with Gasteiger partial charge in [-0.25, -0.2) is 9.97 Å². The number of nitrogens with zero attached hydrogens (tertiary/aromatic N) is 3. The molecular formula is C19H18N6O2. The van der Waals surface area contributed by atoms with E-state index in [1.54, 1.807) is 36.7 Å². The van der Waals surface area contributed by atoms with Crippen molar-refractivity contribution < 1.29 is 9.59 Å². The maximum absolute atomic E-state index is 12.1. The molecule has 0 saturated carbocycles. The van der Waals surface area contributed by atoms with E-state index in [9.17, 15) is 9.59 Å². The van der Waals surface area contributed by atoms with Crippen LogP contribution in [0, 0.1) is 0 Å². The molecule has 8 nitrogen and oxygen atoms in total. The van der Waals surface area contributed by atoms with E-state index >= 15 is 0 Å². The highest BCUT2D eigenvalue weighted by Crippen LogP contribution is 2.16. The fraction of sp³-hybridized carbons (Fsp3) is 0.105. The Balaban J connectivity index is 1.56.